The highest BCUT2D eigenvalue weighted by molar-refractivity contribution is 5.15. The summed E-state index contributed by atoms with van der Waals surface area (Å²) in [5, 5.41) is 0. The van der Waals surface area contributed by atoms with E-state index in [0.29, 0.717) is 6.04 Å². The number of morpholine rings is 1. The lowest BCUT2D eigenvalue weighted by molar-refractivity contribution is -0.125. The minimum Gasteiger partial charge on any atom is -0.383 e. The van der Waals surface area contributed by atoms with Crippen molar-refractivity contribution in [3.63, 3.8) is 0 Å². The Balaban J connectivity index is 1.94. The second kappa shape index (κ2) is 6.51. The van der Waals surface area contributed by atoms with Crippen LogP contribution in [0.4, 0.5) is 0 Å². The van der Waals surface area contributed by atoms with Crippen LogP contribution in [0.1, 0.15) is 19.4 Å². The van der Waals surface area contributed by atoms with Gasteiger partial charge in [-0.25, -0.2) is 0 Å². The maximum Gasteiger partial charge on any atom is 0.0753 e. The van der Waals surface area contributed by atoms with Crippen LogP contribution in [0.25, 0.3) is 0 Å². The van der Waals surface area contributed by atoms with Crippen LogP contribution in [-0.4, -0.2) is 50.0 Å². The minimum absolute atomic E-state index is 0.0546. The van der Waals surface area contributed by atoms with Gasteiger partial charge in [-0.05, 0) is 25.8 Å². The van der Waals surface area contributed by atoms with Crippen molar-refractivity contribution in [1.82, 2.24) is 4.90 Å². The maximum absolute atomic E-state index is 5.89. The lowest BCUT2D eigenvalue weighted by Crippen LogP contribution is -2.56. The van der Waals surface area contributed by atoms with E-state index in [1.165, 1.54) is 5.56 Å². The normalized spacial score (nSPS) is 23.4. The first-order valence-corrected chi connectivity index (χ1v) is 7.01. The molecule has 0 spiro atoms. The second-order valence-electron chi connectivity index (χ2n) is 5.89. The fourth-order valence-electron chi connectivity index (χ4n) is 2.62. The molecule has 0 radical (unpaired) electrons. The summed E-state index contributed by atoms with van der Waals surface area (Å²) >= 11 is 0. The van der Waals surface area contributed by atoms with Gasteiger partial charge in [-0.2, -0.15) is 0 Å². The fourth-order valence-corrected chi connectivity index (χ4v) is 2.62. The third-order valence-corrected chi connectivity index (χ3v) is 3.66. The summed E-state index contributed by atoms with van der Waals surface area (Å²) in [5.41, 5.74) is 1.34. The second-order valence-corrected chi connectivity index (χ2v) is 5.89. The van der Waals surface area contributed by atoms with Crippen LogP contribution in [0.5, 0.6) is 0 Å². The summed E-state index contributed by atoms with van der Waals surface area (Å²) in [6.45, 7) is 7.84. The Morgan fingerprint density at radius 1 is 1.32 bits per heavy atom. The molecule has 0 N–H and O–H groups in total. The summed E-state index contributed by atoms with van der Waals surface area (Å²) in [6, 6.07) is 11.0. The van der Waals surface area contributed by atoms with Crippen LogP contribution in [0.2, 0.25) is 0 Å². The number of nitrogens with zero attached hydrogens (tertiary/aromatic N) is 1. The van der Waals surface area contributed by atoms with E-state index < -0.39 is 0 Å². The molecule has 1 aromatic rings. The smallest absolute Gasteiger partial charge is 0.0753 e. The number of methoxy groups -OCH3 is 1. The number of benzene rings is 1. The molecule has 106 valence electrons. The van der Waals surface area contributed by atoms with Crippen molar-refractivity contribution in [1.29, 1.82) is 0 Å². The molecular formula is C16H25NO2. The molecule has 0 bridgehead atoms. The molecule has 1 unspecified atom stereocenters. The van der Waals surface area contributed by atoms with Crippen molar-refractivity contribution in [3.8, 4) is 0 Å². The number of hydrogen-bond donors (Lipinski definition) is 0. The predicted octanol–water partition coefficient (Wildman–Crippen LogP) is 2.35. The van der Waals surface area contributed by atoms with E-state index in [1.54, 1.807) is 7.11 Å². The highest BCUT2D eigenvalue weighted by atomic mass is 16.5. The zero-order valence-corrected chi connectivity index (χ0v) is 12.3. The standard InChI is InChI=1S/C16H25NO2/c1-16(2)13-17(15(11-18-3)12-19-16)10-9-14-7-5-4-6-8-14/h4-8,15H,9-13H2,1-3H3. The van der Waals surface area contributed by atoms with E-state index in [2.05, 4.69) is 49.1 Å². The summed E-state index contributed by atoms with van der Waals surface area (Å²) in [7, 11) is 1.76. The molecular weight excluding hydrogens is 238 g/mol. The molecule has 3 nitrogen and oxygen atoms in total. The first kappa shape index (κ1) is 14.5. The fraction of sp³-hybridized carbons (Fsp3) is 0.625. The molecule has 1 aliphatic rings. The van der Waals surface area contributed by atoms with Gasteiger partial charge in [0, 0.05) is 20.2 Å². The zero-order valence-electron chi connectivity index (χ0n) is 12.3. The first-order chi connectivity index (χ1) is 9.11. The SMILES string of the molecule is COCC1COC(C)(C)CN1CCc1ccccc1. The molecule has 0 amide bonds. The van der Waals surface area contributed by atoms with Crippen LogP contribution in [0.15, 0.2) is 30.3 Å². The Morgan fingerprint density at radius 3 is 2.74 bits per heavy atom. The molecule has 1 atom stereocenters. The topological polar surface area (TPSA) is 21.7 Å². The Kier molecular flexibility index (Phi) is 4.97. The third kappa shape index (κ3) is 4.30. The van der Waals surface area contributed by atoms with E-state index in [-0.39, 0.29) is 5.60 Å². The number of rotatable bonds is 5. The van der Waals surface area contributed by atoms with Crippen molar-refractivity contribution < 1.29 is 9.47 Å². The van der Waals surface area contributed by atoms with Gasteiger partial charge in [0.1, 0.15) is 0 Å². The Hall–Kier alpha value is -0.900. The van der Waals surface area contributed by atoms with Crippen LogP contribution < -0.4 is 0 Å². The van der Waals surface area contributed by atoms with Gasteiger partial charge in [0.05, 0.1) is 24.9 Å². The molecule has 0 aromatic heterocycles. The molecule has 1 heterocycles. The van der Waals surface area contributed by atoms with E-state index in [1.807, 2.05) is 0 Å². The maximum atomic E-state index is 5.89. The van der Waals surface area contributed by atoms with E-state index in [9.17, 15) is 0 Å². The Bertz CT molecular complexity index is 378. The monoisotopic (exact) mass is 263 g/mol. The third-order valence-electron chi connectivity index (χ3n) is 3.66. The molecule has 19 heavy (non-hydrogen) atoms. The minimum atomic E-state index is -0.0546. The quantitative estimate of drug-likeness (QED) is 0.814. The van der Waals surface area contributed by atoms with Gasteiger partial charge in [0.15, 0.2) is 0 Å². The van der Waals surface area contributed by atoms with Gasteiger partial charge in [0.2, 0.25) is 0 Å². The lowest BCUT2D eigenvalue weighted by Gasteiger charge is -2.43. The predicted molar refractivity (Wildman–Crippen MR) is 77.4 cm³/mol. The van der Waals surface area contributed by atoms with Gasteiger partial charge in [-0.3, -0.25) is 4.90 Å². The summed E-state index contributed by atoms with van der Waals surface area (Å²) in [6.07, 6.45) is 1.08. The largest absolute Gasteiger partial charge is 0.383 e. The molecule has 0 saturated carbocycles. The average molecular weight is 263 g/mol. The van der Waals surface area contributed by atoms with Crippen LogP contribution in [0, 0.1) is 0 Å². The molecule has 2 rings (SSSR count). The number of ether oxygens (including phenoxy) is 2. The van der Waals surface area contributed by atoms with Gasteiger partial charge >= 0.3 is 0 Å². The first-order valence-electron chi connectivity index (χ1n) is 7.01. The van der Waals surface area contributed by atoms with Gasteiger partial charge in [-0.1, -0.05) is 30.3 Å². The summed E-state index contributed by atoms with van der Waals surface area (Å²) in [4.78, 5) is 2.50. The molecule has 3 heteroatoms. The van der Waals surface area contributed by atoms with Crippen molar-refractivity contribution in [2.75, 3.05) is 33.4 Å². The molecule has 1 aliphatic heterocycles. The molecule has 0 aliphatic carbocycles. The Labute approximate surface area is 116 Å². The molecule has 1 saturated heterocycles. The average Bonchev–Trinajstić information content (AvgIpc) is 2.40. The van der Waals surface area contributed by atoms with E-state index in [0.717, 1.165) is 32.7 Å². The summed E-state index contributed by atoms with van der Waals surface area (Å²) in [5.74, 6) is 0. The van der Waals surface area contributed by atoms with Crippen LogP contribution >= 0.6 is 0 Å². The molecule has 1 aromatic carbocycles. The van der Waals surface area contributed by atoms with Crippen molar-refractivity contribution in [2.24, 2.45) is 0 Å². The van der Waals surface area contributed by atoms with Crippen LogP contribution in [-0.2, 0) is 15.9 Å². The zero-order chi connectivity index (χ0) is 13.7. The highest BCUT2D eigenvalue weighted by Gasteiger charge is 2.33. The van der Waals surface area contributed by atoms with Gasteiger partial charge in [0.25, 0.3) is 0 Å². The van der Waals surface area contributed by atoms with Crippen molar-refractivity contribution >= 4 is 0 Å². The summed E-state index contributed by atoms with van der Waals surface area (Å²) < 4.78 is 11.2. The highest BCUT2D eigenvalue weighted by Crippen LogP contribution is 2.21. The van der Waals surface area contributed by atoms with Crippen molar-refractivity contribution in [2.45, 2.75) is 31.9 Å². The van der Waals surface area contributed by atoms with Gasteiger partial charge < -0.3 is 9.47 Å². The van der Waals surface area contributed by atoms with Gasteiger partial charge in [-0.15, -0.1) is 0 Å². The molecule has 1 fully saturated rings. The lowest BCUT2D eigenvalue weighted by atomic mass is 10.0. The van der Waals surface area contributed by atoms with Crippen LogP contribution in [0.3, 0.4) is 0 Å². The van der Waals surface area contributed by atoms with E-state index >= 15 is 0 Å². The Morgan fingerprint density at radius 2 is 2.05 bits per heavy atom. The van der Waals surface area contributed by atoms with Crippen molar-refractivity contribution in [3.05, 3.63) is 35.9 Å². The van der Waals surface area contributed by atoms with E-state index in [4.69, 9.17) is 9.47 Å². The number of hydrogen-bond acceptors (Lipinski definition) is 3.